The smallest absolute Gasteiger partial charge is 0.253 e. The minimum Gasteiger partial charge on any atom is -0.345 e. The van der Waals surface area contributed by atoms with Gasteiger partial charge in [0.1, 0.15) is 0 Å². The molecule has 1 N–H and O–H groups in total. The van der Waals surface area contributed by atoms with E-state index in [-0.39, 0.29) is 24.1 Å². The van der Waals surface area contributed by atoms with Crippen molar-refractivity contribution in [2.24, 2.45) is 5.92 Å². The average molecular weight is 408 g/mol. The zero-order valence-electron chi connectivity index (χ0n) is 17.9. The summed E-state index contributed by atoms with van der Waals surface area (Å²) in [6.07, 6.45) is 3.51. The quantitative estimate of drug-likeness (QED) is 0.760. The van der Waals surface area contributed by atoms with Gasteiger partial charge in [-0.15, -0.1) is 0 Å². The molecule has 0 saturated carbocycles. The van der Waals surface area contributed by atoms with Crippen LogP contribution in [0, 0.1) is 5.92 Å². The Kier molecular flexibility index (Phi) is 6.87. The normalized spacial score (nSPS) is 15.9. The van der Waals surface area contributed by atoms with Crippen LogP contribution in [0.15, 0.2) is 48.5 Å². The molecule has 2 aromatic rings. The Bertz CT molecular complexity index is 922. The SMILES string of the molecule is CCCCc1ccc(N2C[C@@H](C(=O)Nc3cccc(C(=O)N(C)C)c3)CC2=O)cc1. The number of unbranched alkanes of at least 4 members (excludes halogenated alkanes) is 1. The molecule has 3 amide bonds. The van der Waals surface area contributed by atoms with E-state index >= 15 is 0 Å². The summed E-state index contributed by atoms with van der Waals surface area (Å²) in [7, 11) is 3.37. The van der Waals surface area contributed by atoms with E-state index in [1.807, 2.05) is 12.1 Å². The maximum absolute atomic E-state index is 12.7. The number of nitrogens with one attached hydrogen (secondary N) is 1. The lowest BCUT2D eigenvalue weighted by Gasteiger charge is -2.17. The van der Waals surface area contributed by atoms with Gasteiger partial charge >= 0.3 is 0 Å². The van der Waals surface area contributed by atoms with Gasteiger partial charge in [-0.2, -0.15) is 0 Å². The van der Waals surface area contributed by atoms with Crippen LogP contribution in [0.4, 0.5) is 11.4 Å². The van der Waals surface area contributed by atoms with Crippen molar-refractivity contribution in [1.82, 2.24) is 4.90 Å². The summed E-state index contributed by atoms with van der Waals surface area (Å²) in [5.74, 6) is -0.811. The van der Waals surface area contributed by atoms with E-state index in [0.29, 0.717) is 17.8 Å². The summed E-state index contributed by atoms with van der Waals surface area (Å²) in [6.45, 7) is 2.52. The number of anilines is 2. The van der Waals surface area contributed by atoms with Crippen LogP contribution in [0.25, 0.3) is 0 Å². The van der Waals surface area contributed by atoms with Gasteiger partial charge in [0, 0.05) is 44.0 Å². The zero-order valence-corrected chi connectivity index (χ0v) is 17.9. The van der Waals surface area contributed by atoms with Crippen LogP contribution in [-0.4, -0.2) is 43.3 Å². The highest BCUT2D eigenvalue weighted by atomic mass is 16.2. The Morgan fingerprint density at radius 1 is 1.13 bits per heavy atom. The molecule has 1 aliphatic rings. The van der Waals surface area contributed by atoms with Crippen LogP contribution in [0.3, 0.4) is 0 Å². The van der Waals surface area contributed by atoms with E-state index in [0.717, 1.165) is 24.9 Å². The highest BCUT2D eigenvalue weighted by molar-refractivity contribution is 6.04. The fourth-order valence-corrected chi connectivity index (χ4v) is 3.59. The van der Waals surface area contributed by atoms with Crippen molar-refractivity contribution in [3.05, 3.63) is 59.7 Å². The molecule has 3 rings (SSSR count). The summed E-state index contributed by atoms with van der Waals surface area (Å²) < 4.78 is 0. The minimum atomic E-state index is -0.425. The van der Waals surface area contributed by atoms with E-state index < -0.39 is 5.92 Å². The summed E-state index contributed by atoms with van der Waals surface area (Å²) in [5.41, 5.74) is 3.15. The first kappa shape index (κ1) is 21.6. The first-order valence-corrected chi connectivity index (χ1v) is 10.4. The van der Waals surface area contributed by atoms with Gasteiger partial charge in [-0.1, -0.05) is 31.5 Å². The largest absolute Gasteiger partial charge is 0.345 e. The van der Waals surface area contributed by atoms with Crippen molar-refractivity contribution in [2.45, 2.75) is 32.6 Å². The molecule has 0 spiro atoms. The van der Waals surface area contributed by atoms with Gasteiger partial charge in [0.2, 0.25) is 11.8 Å². The van der Waals surface area contributed by atoms with E-state index in [9.17, 15) is 14.4 Å². The molecule has 1 atom stereocenters. The molecule has 0 unspecified atom stereocenters. The Balaban J connectivity index is 1.64. The van der Waals surface area contributed by atoms with Gasteiger partial charge in [0.15, 0.2) is 0 Å². The van der Waals surface area contributed by atoms with E-state index in [4.69, 9.17) is 0 Å². The van der Waals surface area contributed by atoms with Crippen LogP contribution in [-0.2, 0) is 16.0 Å². The number of carbonyl (C=O) groups is 3. The second kappa shape index (κ2) is 9.57. The number of benzene rings is 2. The maximum atomic E-state index is 12.7. The standard InChI is InChI=1S/C24H29N3O3/c1-4-5-7-17-10-12-21(13-11-17)27-16-19(15-22(27)28)23(29)25-20-9-6-8-18(14-20)24(30)26(2)3/h6,8-14,19H,4-5,7,15-16H2,1-3H3,(H,25,29)/t19-/m0/s1. The Morgan fingerprint density at radius 2 is 1.87 bits per heavy atom. The van der Waals surface area contributed by atoms with Crippen molar-refractivity contribution in [3.8, 4) is 0 Å². The molecule has 6 heteroatoms. The van der Waals surface area contributed by atoms with Crippen molar-refractivity contribution in [1.29, 1.82) is 0 Å². The lowest BCUT2D eigenvalue weighted by molar-refractivity contribution is -0.122. The van der Waals surface area contributed by atoms with Gasteiger partial charge < -0.3 is 15.1 Å². The fourth-order valence-electron chi connectivity index (χ4n) is 3.59. The molecule has 2 aromatic carbocycles. The Labute approximate surface area is 177 Å². The molecule has 1 fully saturated rings. The third-order valence-electron chi connectivity index (χ3n) is 5.35. The molecule has 1 aliphatic heterocycles. The summed E-state index contributed by atoms with van der Waals surface area (Å²) in [5, 5.41) is 2.85. The molecule has 30 heavy (non-hydrogen) atoms. The molecule has 1 heterocycles. The van der Waals surface area contributed by atoms with Gasteiger partial charge in [0.25, 0.3) is 5.91 Å². The van der Waals surface area contributed by atoms with Crippen molar-refractivity contribution in [2.75, 3.05) is 30.9 Å². The molecule has 1 saturated heterocycles. The first-order chi connectivity index (χ1) is 14.4. The topological polar surface area (TPSA) is 69.7 Å². The van der Waals surface area contributed by atoms with Gasteiger partial charge in [-0.3, -0.25) is 14.4 Å². The molecule has 0 radical (unpaired) electrons. The first-order valence-electron chi connectivity index (χ1n) is 10.4. The molecule has 6 nitrogen and oxygen atoms in total. The van der Waals surface area contributed by atoms with E-state index in [2.05, 4.69) is 24.4 Å². The number of rotatable bonds is 7. The number of amides is 3. The molecular weight excluding hydrogens is 378 g/mol. The van der Waals surface area contributed by atoms with Gasteiger partial charge in [-0.25, -0.2) is 0 Å². The van der Waals surface area contributed by atoms with Crippen LogP contribution in [0.5, 0.6) is 0 Å². The van der Waals surface area contributed by atoms with Crippen molar-refractivity contribution >= 4 is 29.1 Å². The van der Waals surface area contributed by atoms with E-state index in [1.54, 1.807) is 43.3 Å². The van der Waals surface area contributed by atoms with Gasteiger partial charge in [0.05, 0.1) is 5.92 Å². The fraction of sp³-hybridized carbons (Fsp3) is 0.375. The molecule has 0 aliphatic carbocycles. The summed E-state index contributed by atoms with van der Waals surface area (Å²) >= 11 is 0. The third-order valence-corrected chi connectivity index (χ3v) is 5.35. The Morgan fingerprint density at radius 3 is 2.53 bits per heavy atom. The number of nitrogens with zero attached hydrogens (tertiary/aromatic N) is 2. The predicted octanol–water partition coefficient (Wildman–Crippen LogP) is 3.72. The number of hydrogen-bond acceptors (Lipinski definition) is 3. The van der Waals surface area contributed by atoms with Crippen LogP contribution < -0.4 is 10.2 Å². The van der Waals surface area contributed by atoms with Crippen LogP contribution in [0.1, 0.15) is 42.1 Å². The van der Waals surface area contributed by atoms with Gasteiger partial charge in [-0.05, 0) is 48.7 Å². The van der Waals surface area contributed by atoms with Crippen LogP contribution in [0.2, 0.25) is 0 Å². The number of aryl methyl sites for hydroxylation is 1. The molecule has 158 valence electrons. The molecule has 0 aromatic heterocycles. The summed E-state index contributed by atoms with van der Waals surface area (Å²) in [4.78, 5) is 40.5. The second-order valence-corrected chi connectivity index (χ2v) is 7.95. The Hall–Kier alpha value is -3.15. The zero-order chi connectivity index (χ0) is 21.7. The number of carbonyl (C=O) groups excluding carboxylic acids is 3. The third kappa shape index (κ3) is 5.06. The molecule has 0 bridgehead atoms. The predicted molar refractivity (Wildman–Crippen MR) is 119 cm³/mol. The van der Waals surface area contributed by atoms with Crippen LogP contribution >= 0.6 is 0 Å². The second-order valence-electron chi connectivity index (χ2n) is 7.95. The van der Waals surface area contributed by atoms with Crippen molar-refractivity contribution in [3.63, 3.8) is 0 Å². The summed E-state index contributed by atoms with van der Waals surface area (Å²) in [6, 6.07) is 14.9. The maximum Gasteiger partial charge on any atom is 0.253 e. The number of hydrogen-bond donors (Lipinski definition) is 1. The average Bonchev–Trinajstić information content (AvgIpc) is 3.14. The van der Waals surface area contributed by atoms with Crippen molar-refractivity contribution < 1.29 is 14.4 Å². The lowest BCUT2D eigenvalue weighted by Crippen LogP contribution is -2.28. The van der Waals surface area contributed by atoms with E-state index in [1.165, 1.54) is 10.5 Å². The monoisotopic (exact) mass is 407 g/mol. The minimum absolute atomic E-state index is 0.0482. The highest BCUT2D eigenvalue weighted by Gasteiger charge is 2.35. The highest BCUT2D eigenvalue weighted by Crippen LogP contribution is 2.27. The lowest BCUT2D eigenvalue weighted by atomic mass is 10.1. The molecular formula is C24H29N3O3.